The molecule has 2 unspecified atom stereocenters. The quantitative estimate of drug-likeness (QED) is 0.0859. The lowest BCUT2D eigenvalue weighted by atomic mass is 10.1. The molecule has 2 atom stereocenters. The lowest BCUT2D eigenvalue weighted by molar-refractivity contribution is -0.150. The van der Waals surface area contributed by atoms with Crippen molar-refractivity contribution in [3.8, 4) is 5.75 Å². The maximum absolute atomic E-state index is 13.0. The van der Waals surface area contributed by atoms with Crippen LogP contribution in [-0.4, -0.2) is 79.3 Å². The number of aromatic nitrogens is 4. The van der Waals surface area contributed by atoms with Gasteiger partial charge in [0.05, 0.1) is 12.2 Å². The average molecular weight is 617 g/mol. The molecule has 3 aromatic rings. The van der Waals surface area contributed by atoms with E-state index in [1.807, 2.05) is 19.1 Å². The van der Waals surface area contributed by atoms with E-state index in [-0.39, 0.29) is 17.9 Å². The van der Waals surface area contributed by atoms with Gasteiger partial charge < -0.3 is 36.9 Å². The van der Waals surface area contributed by atoms with E-state index in [2.05, 4.69) is 22.0 Å². The number of ether oxygens (including phenoxy) is 2. The molecule has 3 rings (SSSR count). The number of rotatable bonds is 16. The molecule has 242 valence electrons. The molecule has 0 radical (unpaired) electrons. The van der Waals surface area contributed by atoms with Gasteiger partial charge in [-0.1, -0.05) is 25.5 Å². The number of hydrogen-bond donors (Lipinski definition) is 5. The average Bonchev–Trinajstić information content (AvgIpc) is 3.28. The molecule has 0 aliphatic heterocycles. The summed E-state index contributed by atoms with van der Waals surface area (Å²) >= 11 is 0. The van der Waals surface area contributed by atoms with Crippen LogP contribution in [0.2, 0.25) is 0 Å². The van der Waals surface area contributed by atoms with Gasteiger partial charge in [-0.15, -0.1) is 0 Å². The predicted octanol–water partition coefficient (Wildman–Crippen LogP) is 0.954. The Balaban J connectivity index is 0.000000477. The van der Waals surface area contributed by atoms with E-state index >= 15 is 0 Å². The second-order valence-corrected chi connectivity index (χ2v) is 10.0. The summed E-state index contributed by atoms with van der Waals surface area (Å²) in [5.41, 5.74) is 18.1. The number of benzene rings is 1. The smallest absolute Gasteiger partial charge is 0.333 e. The number of carboxylic acids is 2. The summed E-state index contributed by atoms with van der Waals surface area (Å²) in [4.78, 5) is 42.8. The lowest BCUT2D eigenvalue weighted by Gasteiger charge is -2.13. The van der Waals surface area contributed by atoms with Gasteiger partial charge in [0.1, 0.15) is 29.7 Å². The van der Waals surface area contributed by atoms with Crippen molar-refractivity contribution in [1.29, 1.82) is 0 Å². The number of hydrogen-bond acceptors (Lipinski definition) is 9. The van der Waals surface area contributed by atoms with Crippen LogP contribution in [0.25, 0.3) is 11.0 Å². The van der Waals surface area contributed by atoms with Crippen molar-refractivity contribution in [2.45, 2.75) is 71.6 Å². The first-order valence-corrected chi connectivity index (χ1v) is 14.4. The van der Waals surface area contributed by atoms with Crippen molar-refractivity contribution in [2.75, 3.05) is 19.8 Å². The van der Waals surface area contributed by atoms with Crippen molar-refractivity contribution in [1.82, 2.24) is 19.3 Å². The molecular weight excluding hydrogens is 572 g/mol. The number of aliphatic imine (C=N–C) groups is 1. The third-order valence-corrected chi connectivity index (χ3v) is 6.55. The van der Waals surface area contributed by atoms with Crippen LogP contribution >= 0.6 is 0 Å². The van der Waals surface area contributed by atoms with Crippen LogP contribution in [0.3, 0.4) is 0 Å². The molecule has 15 heteroatoms. The highest BCUT2D eigenvalue weighted by atomic mass is 16.5. The minimum Gasteiger partial charge on any atom is -0.492 e. The lowest BCUT2D eigenvalue weighted by Crippen LogP contribution is -2.30. The summed E-state index contributed by atoms with van der Waals surface area (Å²) in [6.45, 7) is 7.07. The minimum absolute atomic E-state index is 0.0129. The van der Waals surface area contributed by atoms with Crippen LogP contribution < -0.4 is 27.5 Å². The molecule has 44 heavy (non-hydrogen) atoms. The van der Waals surface area contributed by atoms with Crippen molar-refractivity contribution < 1.29 is 29.3 Å². The number of guanidine groups is 1. The molecule has 2 aromatic heterocycles. The highest BCUT2D eigenvalue weighted by Crippen LogP contribution is 2.16. The van der Waals surface area contributed by atoms with E-state index in [1.54, 1.807) is 35.4 Å². The maximum Gasteiger partial charge on any atom is 0.333 e. The number of fused-ring (bicyclic) bond motifs is 1. The topological polar surface area (TPSA) is 236 Å². The molecule has 0 aliphatic rings. The van der Waals surface area contributed by atoms with Crippen LogP contribution in [0.5, 0.6) is 5.75 Å². The summed E-state index contributed by atoms with van der Waals surface area (Å²) in [5, 5.41) is 22.1. The predicted molar refractivity (Wildman–Crippen MR) is 166 cm³/mol. The van der Waals surface area contributed by atoms with Gasteiger partial charge in [0.25, 0.3) is 5.56 Å². The molecule has 0 saturated heterocycles. The van der Waals surface area contributed by atoms with E-state index in [4.69, 9.17) is 31.8 Å². The highest BCUT2D eigenvalue weighted by Gasteiger charge is 2.18. The fourth-order valence-corrected chi connectivity index (χ4v) is 4.34. The van der Waals surface area contributed by atoms with Gasteiger partial charge in [0.2, 0.25) is 0 Å². The Kier molecular flexibility index (Phi) is 14.3. The molecule has 0 saturated carbocycles. The van der Waals surface area contributed by atoms with Crippen LogP contribution in [0.1, 0.15) is 50.2 Å². The number of aryl methyl sites for hydroxylation is 3. The molecule has 0 aliphatic carbocycles. The highest BCUT2D eigenvalue weighted by molar-refractivity contribution is 5.77. The Morgan fingerprint density at radius 3 is 2.36 bits per heavy atom. The van der Waals surface area contributed by atoms with Gasteiger partial charge in [0, 0.05) is 26.6 Å². The molecule has 0 fully saturated rings. The van der Waals surface area contributed by atoms with E-state index < -0.39 is 24.1 Å². The number of nitrogens with two attached hydrogens (primary N) is 3. The zero-order chi connectivity index (χ0) is 32.8. The summed E-state index contributed by atoms with van der Waals surface area (Å²) < 4.78 is 14.3. The Morgan fingerprint density at radius 1 is 1.11 bits per heavy atom. The molecule has 15 nitrogen and oxygen atoms in total. The zero-order valence-electron chi connectivity index (χ0n) is 25.7. The van der Waals surface area contributed by atoms with E-state index in [9.17, 15) is 19.5 Å². The monoisotopic (exact) mass is 616 g/mol. The van der Waals surface area contributed by atoms with Crippen LogP contribution in [0.15, 0.2) is 34.1 Å². The van der Waals surface area contributed by atoms with E-state index in [1.165, 1.54) is 0 Å². The fraction of sp³-hybridized carbons (Fsp3) is 0.517. The molecule has 0 spiro atoms. The van der Waals surface area contributed by atoms with Crippen LogP contribution in [0.4, 0.5) is 0 Å². The van der Waals surface area contributed by atoms with Gasteiger partial charge in [-0.2, -0.15) is 5.10 Å². The largest absolute Gasteiger partial charge is 0.492 e. The molecule has 1 aromatic carbocycles. The van der Waals surface area contributed by atoms with Gasteiger partial charge in [0.15, 0.2) is 17.6 Å². The van der Waals surface area contributed by atoms with Crippen molar-refractivity contribution in [3.63, 3.8) is 0 Å². The first-order valence-electron chi connectivity index (χ1n) is 14.4. The molecular formula is C29H44N8O7. The Labute approximate surface area is 255 Å². The molecule has 0 amide bonds. The Hall–Kier alpha value is -4.50. The second kappa shape index (κ2) is 17.6. The summed E-state index contributed by atoms with van der Waals surface area (Å²) in [7, 11) is 1.77. The standard InChI is InChI=1S/C23H30N4O5.C6H14N4O2/c1-5-7-18-20-21(26(4)25-18)22(28)27(15(3)24-20)12-13-32-17-10-8-16(9-11-17)14-19(23(29)30)31-6-2;7-4(5(11)12)2-1-3-10-6(8)9/h8-11,19H,5-7,12-14H2,1-4H3,(H,29,30);4H,1-3,7H2,(H,11,12)(H4,8,9,10). The van der Waals surface area contributed by atoms with Gasteiger partial charge in [-0.3, -0.25) is 23.8 Å². The third-order valence-electron chi connectivity index (χ3n) is 6.55. The number of aliphatic carboxylic acids is 2. The molecule has 8 N–H and O–H groups in total. The maximum atomic E-state index is 13.0. The third kappa shape index (κ3) is 10.6. The normalized spacial score (nSPS) is 12.2. The Morgan fingerprint density at radius 2 is 1.80 bits per heavy atom. The van der Waals surface area contributed by atoms with Crippen molar-refractivity contribution in [3.05, 3.63) is 51.7 Å². The summed E-state index contributed by atoms with van der Waals surface area (Å²) in [6, 6.07) is 6.39. The van der Waals surface area contributed by atoms with Gasteiger partial charge in [-0.05, 0) is 50.8 Å². The number of nitrogens with zero attached hydrogens (tertiary/aromatic N) is 5. The van der Waals surface area contributed by atoms with Gasteiger partial charge in [-0.25, -0.2) is 9.78 Å². The SMILES string of the molecule is CCCc1nn(C)c2c(=O)n(CCOc3ccc(CC(OCC)C(=O)O)cc3)c(C)nc12.NC(N)=NCCCC(N)C(=O)O. The molecule has 0 bridgehead atoms. The first kappa shape index (κ1) is 35.7. The van der Waals surface area contributed by atoms with Crippen molar-refractivity contribution in [2.24, 2.45) is 29.2 Å². The number of carboxylic acid groups (broad SMARTS) is 2. The van der Waals surface area contributed by atoms with Gasteiger partial charge >= 0.3 is 11.9 Å². The van der Waals surface area contributed by atoms with E-state index in [0.29, 0.717) is 61.8 Å². The zero-order valence-corrected chi connectivity index (χ0v) is 25.7. The summed E-state index contributed by atoms with van der Waals surface area (Å²) in [5.74, 6) is -0.697. The van der Waals surface area contributed by atoms with Crippen molar-refractivity contribution >= 4 is 28.9 Å². The Bertz CT molecular complexity index is 1460. The van der Waals surface area contributed by atoms with E-state index in [0.717, 1.165) is 24.1 Å². The minimum atomic E-state index is -1.00. The van der Waals surface area contributed by atoms with Crippen LogP contribution in [-0.2, 0) is 40.8 Å². The summed E-state index contributed by atoms with van der Waals surface area (Å²) in [6.07, 6.45) is 2.09. The second-order valence-electron chi connectivity index (χ2n) is 10.0. The molecule has 2 heterocycles. The number of carbonyl (C=O) groups is 2. The van der Waals surface area contributed by atoms with Crippen LogP contribution in [0, 0.1) is 6.92 Å². The fourth-order valence-electron chi connectivity index (χ4n) is 4.34. The first-order chi connectivity index (χ1) is 20.9.